The molecule has 10 heteroatoms. The summed E-state index contributed by atoms with van der Waals surface area (Å²) in [5.41, 5.74) is 1.47. The average molecular weight is 565 g/mol. The molecule has 1 aromatic heterocycles. The molecular formula is C31H40N4O6. The number of likely N-dealkylation sites (tertiary alicyclic amines) is 2. The maximum absolute atomic E-state index is 13.8. The zero-order chi connectivity index (χ0) is 29.1. The van der Waals surface area contributed by atoms with Crippen LogP contribution in [0.4, 0.5) is 5.69 Å². The highest BCUT2D eigenvalue weighted by molar-refractivity contribution is 5.94. The molecule has 2 amide bonds. The molecular weight excluding hydrogens is 524 g/mol. The number of unbranched alkanes of at least 4 members (excludes halogenated alkanes) is 1. The van der Waals surface area contributed by atoms with Gasteiger partial charge in [0.15, 0.2) is 11.5 Å². The van der Waals surface area contributed by atoms with E-state index in [9.17, 15) is 19.5 Å². The maximum Gasteiger partial charge on any atom is 0.308 e. The van der Waals surface area contributed by atoms with Gasteiger partial charge in [0.25, 0.3) is 0 Å². The first-order valence-electron chi connectivity index (χ1n) is 14.5. The number of carboxylic acid groups (broad SMARTS) is 1. The van der Waals surface area contributed by atoms with Crippen LogP contribution in [-0.2, 0) is 14.4 Å². The Bertz CT molecular complexity index is 1270. The summed E-state index contributed by atoms with van der Waals surface area (Å²) < 4.78 is 11.0. The Kier molecular flexibility index (Phi) is 8.49. The maximum atomic E-state index is 13.8. The summed E-state index contributed by atoms with van der Waals surface area (Å²) in [6, 6.07) is 8.83. The van der Waals surface area contributed by atoms with Crippen LogP contribution in [0.1, 0.15) is 57.9 Å². The van der Waals surface area contributed by atoms with Crippen molar-refractivity contribution in [3.8, 4) is 11.5 Å². The van der Waals surface area contributed by atoms with E-state index >= 15 is 0 Å². The quantitative estimate of drug-likeness (QED) is 0.439. The molecule has 3 aliphatic rings. The van der Waals surface area contributed by atoms with Crippen LogP contribution in [0.3, 0.4) is 0 Å². The summed E-state index contributed by atoms with van der Waals surface area (Å²) in [5.74, 6) is -0.770. The van der Waals surface area contributed by atoms with E-state index in [0.717, 1.165) is 24.1 Å². The van der Waals surface area contributed by atoms with Crippen molar-refractivity contribution in [3.63, 3.8) is 0 Å². The minimum absolute atomic E-state index is 0.0769. The molecule has 41 heavy (non-hydrogen) atoms. The molecule has 3 unspecified atom stereocenters. The topological polar surface area (TPSA) is 113 Å². The lowest BCUT2D eigenvalue weighted by Crippen LogP contribution is -2.45. The van der Waals surface area contributed by atoms with Gasteiger partial charge in [-0.2, -0.15) is 0 Å². The van der Waals surface area contributed by atoms with Crippen LogP contribution in [-0.4, -0.2) is 83.2 Å². The van der Waals surface area contributed by atoms with Gasteiger partial charge in [-0.3, -0.25) is 24.3 Å². The smallest absolute Gasteiger partial charge is 0.308 e. The molecule has 4 heterocycles. The van der Waals surface area contributed by atoms with Gasteiger partial charge in [0, 0.05) is 50.8 Å². The van der Waals surface area contributed by atoms with Gasteiger partial charge in [-0.15, -0.1) is 0 Å². The van der Waals surface area contributed by atoms with Gasteiger partial charge >= 0.3 is 5.97 Å². The molecule has 0 bridgehead atoms. The van der Waals surface area contributed by atoms with Crippen LogP contribution in [0.15, 0.2) is 42.7 Å². The van der Waals surface area contributed by atoms with Crippen molar-refractivity contribution in [2.75, 3.05) is 44.4 Å². The third-order valence-corrected chi connectivity index (χ3v) is 8.49. The third kappa shape index (κ3) is 6.32. The minimum atomic E-state index is -0.907. The Morgan fingerprint density at radius 2 is 2.00 bits per heavy atom. The zero-order valence-electron chi connectivity index (χ0n) is 24.1. The number of fused-ring (bicyclic) bond motifs is 1. The first-order chi connectivity index (χ1) is 19.7. The van der Waals surface area contributed by atoms with E-state index in [0.29, 0.717) is 50.5 Å². The number of aromatic nitrogens is 1. The second-order valence-electron chi connectivity index (χ2n) is 12.1. The summed E-state index contributed by atoms with van der Waals surface area (Å²) in [7, 11) is 0. The Hall–Kier alpha value is -3.66. The van der Waals surface area contributed by atoms with Crippen LogP contribution in [0, 0.1) is 11.3 Å². The van der Waals surface area contributed by atoms with Gasteiger partial charge < -0.3 is 24.4 Å². The van der Waals surface area contributed by atoms with Crippen molar-refractivity contribution >= 4 is 23.5 Å². The number of carbonyl (C=O) groups excluding carboxylic acids is 2. The Morgan fingerprint density at radius 1 is 1.20 bits per heavy atom. The summed E-state index contributed by atoms with van der Waals surface area (Å²) in [5, 5.41) is 10.5. The average Bonchev–Trinajstić information content (AvgIpc) is 3.62. The molecule has 0 radical (unpaired) electrons. The van der Waals surface area contributed by atoms with Gasteiger partial charge in [-0.1, -0.05) is 33.3 Å². The van der Waals surface area contributed by atoms with Crippen LogP contribution in [0.5, 0.6) is 11.5 Å². The van der Waals surface area contributed by atoms with Crippen molar-refractivity contribution in [3.05, 3.63) is 48.3 Å². The summed E-state index contributed by atoms with van der Waals surface area (Å²) in [6.07, 6.45) is 6.09. The lowest BCUT2D eigenvalue weighted by atomic mass is 9.84. The second kappa shape index (κ2) is 12.1. The summed E-state index contributed by atoms with van der Waals surface area (Å²) in [4.78, 5) is 49.2. The van der Waals surface area contributed by atoms with Crippen molar-refractivity contribution < 1.29 is 29.0 Å². The Labute approximate surface area is 241 Å². The number of hydrogen-bond acceptors (Lipinski definition) is 7. The van der Waals surface area contributed by atoms with Gasteiger partial charge in [-0.25, -0.2) is 0 Å². The van der Waals surface area contributed by atoms with Crippen molar-refractivity contribution in [1.29, 1.82) is 0 Å². The highest BCUT2D eigenvalue weighted by atomic mass is 16.7. The number of hydrogen-bond donors (Lipinski definition) is 1. The fourth-order valence-electron chi connectivity index (χ4n) is 6.49. The second-order valence-corrected chi connectivity index (χ2v) is 12.1. The van der Waals surface area contributed by atoms with E-state index in [4.69, 9.17) is 9.47 Å². The van der Waals surface area contributed by atoms with Crippen LogP contribution >= 0.6 is 0 Å². The van der Waals surface area contributed by atoms with E-state index in [2.05, 4.69) is 25.8 Å². The first kappa shape index (κ1) is 28.9. The van der Waals surface area contributed by atoms with Crippen molar-refractivity contribution in [1.82, 2.24) is 14.8 Å². The minimum Gasteiger partial charge on any atom is -0.481 e. The number of anilines is 1. The third-order valence-electron chi connectivity index (χ3n) is 8.49. The van der Waals surface area contributed by atoms with Crippen molar-refractivity contribution in [2.45, 2.75) is 58.4 Å². The molecule has 2 fully saturated rings. The number of rotatable bonds is 11. The molecule has 0 saturated carbocycles. The molecule has 0 aliphatic carbocycles. The molecule has 3 aliphatic heterocycles. The van der Waals surface area contributed by atoms with Crippen LogP contribution in [0.25, 0.3) is 0 Å². The molecule has 5 rings (SSSR count). The van der Waals surface area contributed by atoms with E-state index in [1.807, 2.05) is 40.1 Å². The summed E-state index contributed by atoms with van der Waals surface area (Å²) in [6.45, 7) is 8.51. The van der Waals surface area contributed by atoms with Crippen LogP contribution < -0.4 is 14.4 Å². The van der Waals surface area contributed by atoms with E-state index in [1.54, 1.807) is 17.3 Å². The van der Waals surface area contributed by atoms with Gasteiger partial charge in [0.05, 0.1) is 24.3 Å². The SMILES string of the molecule is CCCCN(C(=O)CN1CC(c2ccc3c(c2)OCO3)C(C(=O)O)C1CCN1CC(C)(C)CC1=O)c1cccnc1. The number of ether oxygens (including phenoxy) is 2. The molecule has 2 aromatic rings. The monoisotopic (exact) mass is 564 g/mol. The lowest BCUT2D eigenvalue weighted by Gasteiger charge is -2.31. The van der Waals surface area contributed by atoms with Gasteiger partial charge in [0.2, 0.25) is 18.6 Å². The van der Waals surface area contributed by atoms with E-state index in [-0.39, 0.29) is 36.5 Å². The largest absolute Gasteiger partial charge is 0.481 e. The highest BCUT2D eigenvalue weighted by Gasteiger charge is 2.48. The zero-order valence-corrected chi connectivity index (χ0v) is 24.1. The number of aliphatic carboxylic acids is 1. The fraction of sp³-hybridized carbons (Fsp3) is 0.548. The number of amides is 2. The normalized spacial score (nSPS) is 23.2. The van der Waals surface area contributed by atoms with E-state index in [1.165, 1.54) is 0 Å². The molecule has 220 valence electrons. The molecule has 1 aromatic carbocycles. The number of carbonyl (C=O) groups is 3. The standard InChI is InChI=1S/C31H40N4O6/c1-4-5-12-35(22-7-6-11-32-16-22)28(37)18-34-17-23(21-8-9-25-26(14-21)41-20-40-25)29(30(38)39)24(34)10-13-33-19-31(2,3)15-27(33)36/h6-9,11,14,16,23-24,29H,4-5,10,12-13,15,17-20H2,1-3H3,(H,38,39). The Balaban J connectivity index is 1.42. The molecule has 1 N–H and O–H groups in total. The lowest BCUT2D eigenvalue weighted by molar-refractivity contribution is -0.143. The van der Waals surface area contributed by atoms with Crippen LogP contribution in [0.2, 0.25) is 0 Å². The fourth-order valence-corrected chi connectivity index (χ4v) is 6.49. The number of carboxylic acids is 1. The molecule has 2 saturated heterocycles. The molecule has 3 atom stereocenters. The van der Waals surface area contributed by atoms with Gasteiger partial charge in [0.1, 0.15) is 0 Å². The highest BCUT2D eigenvalue weighted by Crippen LogP contribution is 2.43. The Morgan fingerprint density at radius 3 is 2.68 bits per heavy atom. The molecule has 10 nitrogen and oxygen atoms in total. The number of nitrogens with zero attached hydrogens (tertiary/aromatic N) is 4. The summed E-state index contributed by atoms with van der Waals surface area (Å²) >= 11 is 0. The van der Waals surface area contributed by atoms with Crippen molar-refractivity contribution in [2.24, 2.45) is 11.3 Å². The predicted molar refractivity (Wildman–Crippen MR) is 153 cm³/mol. The first-order valence-corrected chi connectivity index (χ1v) is 14.5. The number of benzene rings is 1. The number of pyridine rings is 1. The predicted octanol–water partition coefficient (Wildman–Crippen LogP) is 3.76. The van der Waals surface area contributed by atoms with Gasteiger partial charge in [-0.05, 0) is 48.1 Å². The molecule has 0 spiro atoms. The van der Waals surface area contributed by atoms with E-state index < -0.39 is 17.9 Å².